The minimum absolute atomic E-state index is 0.271. The number of hydrogen-bond acceptors (Lipinski definition) is 5. The molecular weight excluding hydrogens is 190 g/mol. The highest BCUT2D eigenvalue weighted by atomic mass is 32.1. The van der Waals surface area contributed by atoms with Crippen LogP contribution >= 0.6 is 12.6 Å². The minimum Gasteiger partial charge on any atom is -0.309 e. The lowest BCUT2D eigenvalue weighted by molar-refractivity contribution is -0.317. The smallest absolute Gasteiger partial charge is 0.187 e. The molecule has 1 atom stereocenters. The maximum absolute atomic E-state index is 4.89. The van der Waals surface area contributed by atoms with E-state index in [2.05, 4.69) is 22.8 Å². The monoisotopic (exact) mass is 201 g/mol. The molecule has 2 heterocycles. The normalized spacial score (nSPS) is 23.4. The third-order valence-electron chi connectivity index (χ3n) is 2.15. The largest absolute Gasteiger partial charge is 0.309 e. The van der Waals surface area contributed by atoms with Gasteiger partial charge >= 0.3 is 0 Å². The predicted molar refractivity (Wildman–Crippen MR) is 47.5 cm³/mol. The Bertz CT molecular complexity index is 296. The molecule has 1 aliphatic heterocycles. The second-order valence-electron chi connectivity index (χ2n) is 3.01. The van der Waals surface area contributed by atoms with Crippen LogP contribution in [0.5, 0.6) is 0 Å². The van der Waals surface area contributed by atoms with E-state index in [4.69, 9.17) is 9.78 Å². The van der Waals surface area contributed by atoms with E-state index in [1.165, 1.54) is 0 Å². The fourth-order valence-corrected chi connectivity index (χ4v) is 1.50. The zero-order valence-corrected chi connectivity index (χ0v) is 8.20. The molecule has 72 valence electrons. The van der Waals surface area contributed by atoms with Crippen molar-refractivity contribution in [1.82, 2.24) is 14.8 Å². The van der Waals surface area contributed by atoms with Crippen molar-refractivity contribution in [3.05, 3.63) is 5.82 Å². The Morgan fingerprint density at radius 1 is 1.46 bits per heavy atom. The van der Waals surface area contributed by atoms with Crippen molar-refractivity contribution in [2.75, 3.05) is 13.2 Å². The molecule has 13 heavy (non-hydrogen) atoms. The van der Waals surface area contributed by atoms with Crippen LogP contribution in [0.25, 0.3) is 0 Å². The van der Waals surface area contributed by atoms with Gasteiger partial charge in [-0.2, -0.15) is 0 Å². The van der Waals surface area contributed by atoms with Crippen LogP contribution < -0.4 is 0 Å². The summed E-state index contributed by atoms with van der Waals surface area (Å²) < 4.78 is 1.86. The van der Waals surface area contributed by atoms with E-state index >= 15 is 0 Å². The summed E-state index contributed by atoms with van der Waals surface area (Å²) in [5.74, 6) is 1.18. The molecule has 1 aromatic heterocycles. The Kier molecular flexibility index (Phi) is 2.52. The molecule has 6 heteroatoms. The van der Waals surface area contributed by atoms with E-state index in [-0.39, 0.29) is 5.92 Å². The van der Waals surface area contributed by atoms with Gasteiger partial charge in [-0.15, -0.1) is 22.8 Å². The van der Waals surface area contributed by atoms with Crippen LogP contribution in [0.4, 0.5) is 0 Å². The number of hydrogen-bond donors (Lipinski definition) is 1. The van der Waals surface area contributed by atoms with Crippen molar-refractivity contribution in [3.8, 4) is 0 Å². The Labute approximate surface area is 81.4 Å². The molecular formula is C7H11N3O2S. The summed E-state index contributed by atoms with van der Waals surface area (Å²) in [6.07, 6.45) is 0.916. The Balaban J connectivity index is 2.18. The van der Waals surface area contributed by atoms with E-state index < -0.39 is 0 Å². The topological polar surface area (TPSA) is 49.2 Å². The second-order valence-corrected chi connectivity index (χ2v) is 3.41. The fourth-order valence-electron chi connectivity index (χ4n) is 1.35. The number of thiol groups is 1. The lowest BCUT2D eigenvalue weighted by Crippen LogP contribution is -2.20. The van der Waals surface area contributed by atoms with Gasteiger partial charge in [0.15, 0.2) is 5.16 Å². The van der Waals surface area contributed by atoms with Crippen molar-refractivity contribution in [2.45, 2.75) is 17.5 Å². The van der Waals surface area contributed by atoms with Crippen LogP contribution in [-0.4, -0.2) is 28.0 Å². The Morgan fingerprint density at radius 3 is 2.85 bits per heavy atom. The summed E-state index contributed by atoms with van der Waals surface area (Å²) in [5.41, 5.74) is 0. The molecule has 1 fully saturated rings. The third kappa shape index (κ3) is 1.70. The van der Waals surface area contributed by atoms with Crippen LogP contribution in [0, 0.1) is 0 Å². The first-order valence-electron chi connectivity index (χ1n) is 4.11. The summed E-state index contributed by atoms with van der Waals surface area (Å²) in [6, 6.07) is 0. The average molecular weight is 201 g/mol. The standard InChI is InChI=1S/C7H11N3O2S/c1-10-6(8-9-7(10)13)5-2-3-11-12-4-5/h5H,2-4H2,1H3,(H,9,13). The molecule has 1 unspecified atom stereocenters. The molecule has 0 aromatic carbocycles. The van der Waals surface area contributed by atoms with E-state index in [0.717, 1.165) is 12.2 Å². The zero-order chi connectivity index (χ0) is 9.26. The van der Waals surface area contributed by atoms with Crippen molar-refractivity contribution in [1.29, 1.82) is 0 Å². The fraction of sp³-hybridized carbons (Fsp3) is 0.714. The molecule has 0 aliphatic carbocycles. The quantitative estimate of drug-likeness (QED) is 0.532. The van der Waals surface area contributed by atoms with Gasteiger partial charge < -0.3 is 4.57 Å². The van der Waals surface area contributed by atoms with Crippen LogP contribution in [0.1, 0.15) is 18.2 Å². The Hall–Kier alpha value is -0.590. The number of aromatic nitrogens is 3. The number of nitrogens with zero attached hydrogens (tertiary/aromatic N) is 3. The minimum atomic E-state index is 0.271. The van der Waals surface area contributed by atoms with Gasteiger partial charge in [0.2, 0.25) is 0 Å². The summed E-state index contributed by atoms with van der Waals surface area (Å²) in [5, 5.41) is 8.54. The van der Waals surface area contributed by atoms with E-state index in [9.17, 15) is 0 Å². The van der Waals surface area contributed by atoms with Crippen molar-refractivity contribution < 1.29 is 9.78 Å². The summed E-state index contributed by atoms with van der Waals surface area (Å²) >= 11 is 4.16. The lowest BCUT2D eigenvalue weighted by Gasteiger charge is -2.19. The average Bonchev–Trinajstić information content (AvgIpc) is 2.49. The van der Waals surface area contributed by atoms with Crippen molar-refractivity contribution in [3.63, 3.8) is 0 Å². The van der Waals surface area contributed by atoms with Crippen LogP contribution in [0.3, 0.4) is 0 Å². The van der Waals surface area contributed by atoms with E-state index in [1.54, 1.807) is 0 Å². The van der Waals surface area contributed by atoms with Gasteiger partial charge in [0.1, 0.15) is 5.82 Å². The molecule has 0 bridgehead atoms. The third-order valence-corrected chi connectivity index (χ3v) is 2.54. The van der Waals surface area contributed by atoms with Gasteiger partial charge in [-0.25, -0.2) is 9.78 Å². The zero-order valence-electron chi connectivity index (χ0n) is 7.30. The lowest BCUT2D eigenvalue weighted by atomic mass is 10.1. The molecule has 0 radical (unpaired) electrons. The van der Waals surface area contributed by atoms with Gasteiger partial charge in [-0.1, -0.05) is 0 Å². The highest BCUT2D eigenvalue weighted by Gasteiger charge is 2.22. The number of rotatable bonds is 1. The van der Waals surface area contributed by atoms with Gasteiger partial charge in [0.25, 0.3) is 0 Å². The molecule has 0 saturated carbocycles. The van der Waals surface area contributed by atoms with E-state index in [1.807, 2.05) is 11.6 Å². The van der Waals surface area contributed by atoms with Crippen LogP contribution in [-0.2, 0) is 16.8 Å². The first-order chi connectivity index (χ1) is 6.29. The van der Waals surface area contributed by atoms with Crippen LogP contribution in [0.2, 0.25) is 0 Å². The second kappa shape index (κ2) is 3.65. The molecule has 0 amide bonds. The maximum atomic E-state index is 4.89. The Morgan fingerprint density at radius 2 is 2.31 bits per heavy atom. The van der Waals surface area contributed by atoms with Crippen LogP contribution in [0.15, 0.2) is 5.16 Å². The SMILES string of the molecule is Cn1c(S)nnc1C1CCOOC1. The predicted octanol–water partition coefficient (Wildman–Crippen LogP) is 0.539. The molecule has 1 saturated heterocycles. The summed E-state index contributed by atoms with van der Waals surface area (Å²) in [7, 11) is 1.90. The van der Waals surface area contributed by atoms with Gasteiger partial charge in [0, 0.05) is 13.0 Å². The van der Waals surface area contributed by atoms with Crippen molar-refractivity contribution >= 4 is 12.6 Å². The first-order valence-corrected chi connectivity index (χ1v) is 4.56. The molecule has 5 nitrogen and oxygen atoms in total. The molecule has 1 aromatic rings. The molecule has 2 rings (SSSR count). The molecule has 1 aliphatic rings. The highest BCUT2D eigenvalue weighted by Crippen LogP contribution is 2.22. The van der Waals surface area contributed by atoms with Gasteiger partial charge in [-0.3, -0.25) is 0 Å². The molecule has 0 spiro atoms. The first kappa shape index (κ1) is 8.98. The highest BCUT2D eigenvalue weighted by molar-refractivity contribution is 7.80. The summed E-state index contributed by atoms with van der Waals surface area (Å²) in [6.45, 7) is 1.15. The van der Waals surface area contributed by atoms with E-state index in [0.29, 0.717) is 18.4 Å². The van der Waals surface area contributed by atoms with Gasteiger partial charge in [-0.05, 0) is 6.42 Å². The maximum Gasteiger partial charge on any atom is 0.187 e. The van der Waals surface area contributed by atoms with Gasteiger partial charge in [0.05, 0.1) is 13.2 Å². The summed E-state index contributed by atoms with van der Waals surface area (Å²) in [4.78, 5) is 9.69. The molecule has 0 N–H and O–H groups in total. The van der Waals surface area contributed by atoms with Crippen molar-refractivity contribution in [2.24, 2.45) is 7.05 Å².